The fourth-order valence-corrected chi connectivity index (χ4v) is 3.90. The van der Waals surface area contributed by atoms with Crippen LogP contribution in [-0.2, 0) is 0 Å². The van der Waals surface area contributed by atoms with E-state index in [2.05, 4.69) is 15.6 Å². The average molecular weight is 500 g/mol. The Bertz CT molecular complexity index is 1410. The third-order valence-corrected chi connectivity index (χ3v) is 5.88. The maximum Gasteiger partial charge on any atom is 0.257 e. The molecular weight excluding hydrogens is 485 g/mol. The van der Waals surface area contributed by atoms with Crippen LogP contribution < -0.4 is 20.1 Å². The Morgan fingerprint density at radius 1 is 1.00 bits per heavy atom. The van der Waals surface area contributed by atoms with Crippen LogP contribution in [-0.4, -0.2) is 29.2 Å². The number of halogens is 2. The highest BCUT2D eigenvalue weighted by Crippen LogP contribution is 2.35. The van der Waals surface area contributed by atoms with E-state index in [1.165, 1.54) is 0 Å². The topological polar surface area (TPSA) is 85.6 Å². The number of rotatable bonds is 3. The number of amides is 1. The summed E-state index contributed by atoms with van der Waals surface area (Å²) in [5.74, 6) is 1.12. The Hall–Kier alpha value is -3.33. The zero-order chi connectivity index (χ0) is 22.9. The summed E-state index contributed by atoms with van der Waals surface area (Å²) in [5.41, 5.74) is 2.78. The number of nitrogens with one attached hydrogen (secondary N) is 2. The van der Waals surface area contributed by atoms with Gasteiger partial charge in [0, 0.05) is 11.3 Å². The fourth-order valence-electron chi connectivity index (χ4n) is 3.31. The lowest BCUT2D eigenvalue weighted by molar-refractivity contribution is 0.0976. The van der Waals surface area contributed by atoms with E-state index in [1.54, 1.807) is 54.6 Å². The fraction of sp³-hybridized carbons (Fsp3) is 0.0870. The molecule has 7 nitrogen and oxygen atoms in total. The van der Waals surface area contributed by atoms with Crippen molar-refractivity contribution in [3.05, 3.63) is 70.2 Å². The lowest BCUT2D eigenvalue weighted by Crippen LogP contribution is -2.34. The maximum atomic E-state index is 12.6. The molecule has 10 heteroatoms. The zero-order valence-electron chi connectivity index (χ0n) is 16.9. The summed E-state index contributed by atoms with van der Waals surface area (Å²) in [6.45, 7) is 0.920. The highest BCUT2D eigenvalue weighted by Gasteiger charge is 2.17. The van der Waals surface area contributed by atoms with Gasteiger partial charge in [0.1, 0.15) is 18.7 Å². The number of anilines is 1. The van der Waals surface area contributed by atoms with Crippen LogP contribution in [0.2, 0.25) is 10.0 Å². The first-order valence-corrected chi connectivity index (χ1v) is 11.0. The number of ether oxygens (including phenoxy) is 2. The van der Waals surface area contributed by atoms with E-state index in [9.17, 15) is 4.79 Å². The van der Waals surface area contributed by atoms with Gasteiger partial charge in [-0.3, -0.25) is 10.1 Å². The number of oxazole rings is 1. The van der Waals surface area contributed by atoms with Gasteiger partial charge < -0.3 is 19.2 Å². The second-order valence-corrected chi connectivity index (χ2v) is 8.26. The zero-order valence-corrected chi connectivity index (χ0v) is 19.2. The molecule has 1 aromatic heterocycles. The number of carbonyl (C=O) groups is 1. The molecule has 1 amide bonds. The number of thiocarbonyl (C=S) groups is 1. The van der Waals surface area contributed by atoms with Crippen LogP contribution in [0.4, 0.5) is 5.69 Å². The van der Waals surface area contributed by atoms with E-state index in [4.69, 9.17) is 49.3 Å². The largest absolute Gasteiger partial charge is 0.486 e. The SMILES string of the molecule is O=C(NC(=S)Nc1ccc2oc(-c3cccc(Cl)c3Cl)nc2c1)c1ccc2c(c1)OCCO2. The van der Waals surface area contributed by atoms with Crippen molar-refractivity contribution < 1.29 is 18.7 Å². The normalized spacial score (nSPS) is 12.4. The Morgan fingerprint density at radius 2 is 1.82 bits per heavy atom. The van der Waals surface area contributed by atoms with Gasteiger partial charge in [-0.1, -0.05) is 29.3 Å². The average Bonchev–Trinajstić information content (AvgIpc) is 3.23. The molecule has 0 saturated carbocycles. The summed E-state index contributed by atoms with van der Waals surface area (Å²) < 4.78 is 16.8. The van der Waals surface area contributed by atoms with Crippen molar-refractivity contribution in [2.24, 2.45) is 0 Å². The van der Waals surface area contributed by atoms with Crippen LogP contribution in [0.25, 0.3) is 22.6 Å². The number of fused-ring (bicyclic) bond motifs is 2. The van der Waals surface area contributed by atoms with Crippen molar-refractivity contribution >= 4 is 63.2 Å². The molecule has 0 aliphatic carbocycles. The first-order chi connectivity index (χ1) is 16.0. The summed E-state index contributed by atoms with van der Waals surface area (Å²) in [4.78, 5) is 17.1. The van der Waals surface area contributed by atoms with Crippen molar-refractivity contribution in [2.75, 3.05) is 18.5 Å². The maximum absolute atomic E-state index is 12.6. The molecule has 2 heterocycles. The van der Waals surface area contributed by atoms with Gasteiger partial charge >= 0.3 is 0 Å². The van der Waals surface area contributed by atoms with Gasteiger partial charge in [0.15, 0.2) is 22.2 Å². The van der Waals surface area contributed by atoms with Crippen LogP contribution in [0.5, 0.6) is 11.5 Å². The smallest absolute Gasteiger partial charge is 0.257 e. The molecule has 0 unspecified atom stereocenters. The van der Waals surface area contributed by atoms with Crippen LogP contribution in [0.3, 0.4) is 0 Å². The number of carbonyl (C=O) groups excluding carboxylic acids is 1. The molecule has 33 heavy (non-hydrogen) atoms. The molecular formula is C23H15Cl2N3O4S. The van der Waals surface area contributed by atoms with Gasteiger partial charge in [0.25, 0.3) is 5.91 Å². The Morgan fingerprint density at radius 3 is 2.67 bits per heavy atom. The second kappa shape index (κ2) is 8.90. The van der Waals surface area contributed by atoms with Crippen LogP contribution in [0.15, 0.2) is 59.0 Å². The first-order valence-electron chi connectivity index (χ1n) is 9.85. The molecule has 0 atom stereocenters. The predicted molar refractivity (Wildman–Crippen MR) is 131 cm³/mol. The molecule has 0 saturated heterocycles. The molecule has 5 rings (SSSR count). The van der Waals surface area contributed by atoms with Crippen LogP contribution >= 0.6 is 35.4 Å². The van der Waals surface area contributed by atoms with Crippen molar-refractivity contribution in [1.29, 1.82) is 0 Å². The molecule has 0 fully saturated rings. The summed E-state index contributed by atoms with van der Waals surface area (Å²) in [6.07, 6.45) is 0. The van der Waals surface area contributed by atoms with Crippen LogP contribution in [0, 0.1) is 0 Å². The minimum atomic E-state index is -0.370. The molecule has 166 valence electrons. The van der Waals surface area contributed by atoms with Gasteiger partial charge in [0.05, 0.1) is 15.6 Å². The predicted octanol–water partition coefficient (Wildman–Crippen LogP) is 5.70. The minimum Gasteiger partial charge on any atom is -0.486 e. The number of benzene rings is 3. The first kappa shape index (κ1) is 21.5. The molecule has 0 radical (unpaired) electrons. The van der Waals surface area contributed by atoms with E-state index in [0.29, 0.717) is 68.6 Å². The third-order valence-electron chi connectivity index (χ3n) is 4.86. The summed E-state index contributed by atoms with van der Waals surface area (Å²) in [6, 6.07) is 15.5. The molecule has 2 N–H and O–H groups in total. The molecule has 1 aliphatic rings. The quantitative estimate of drug-likeness (QED) is 0.349. The van der Waals surface area contributed by atoms with E-state index in [-0.39, 0.29) is 11.0 Å². The van der Waals surface area contributed by atoms with Crippen molar-refractivity contribution in [1.82, 2.24) is 10.3 Å². The standard InChI is InChI=1S/C23H15Cl2N3O4S/c24-15-3-1-2-14(20(15)25)22-27-16-11-13(5-7-17(16)32-22)26-23(33)28-21(29)12-4-6-18-19(10-12)31-9-8-30-18/h1-7,10-11H,8-9H2,(H2,26,28,29,33). The van der Waals surface area contributed by atoms with Gasteiger partial charge in [-0.25, -0.2) is 4.98 Å². The monoisotopic (exact) mass is 499 g/mol. The second-order valence-electron chi connectivity index (χ2n) is 7.07. The Labute approximate surface area is 203 Å². The number of hydrogen-bond acceptors (Lipinski definition) is 6. The third kappa shape index (κ3) is 4.45. The van der Waals surface area contributed by atoms with Gasteiger partial charge in [0.2, 0.25) is 5.89 Å². The van der Waals surface area contributed by atoms with Gasteiger partial charge in [-0.2, -0.15) is 0 Å². The highest BCUT2D eigenvalue weighted by atomic mass is 35.5. The summed E-state index contributed by atoms with van der Waals surface area (Å²) in [5, 5.41) is 6.55. The van der Waals surface area contributed by atoms with Gasteiger partial charge in [-0.05, 0) is 60.7 Å². The molecule has 1 aliphatic heterocycles. The van der Waals surface area contributed by atoms with Crippen molar-refractivity contribution in [2.45, 2.75) is 0 Å². The Balaban J connectivity index is 1.30. The molecule has 0 spiro atoms. The minimum absolute atomic E-state index is 0.135. The number of nitrogens with zero attached hydrogens (tertiary/aromatic N) is 1. The summed E-state index contributed by atoms with van der Waals surface area (Å²) in [7, 11) is 0. The van der Waals surface area contributed by atoms with Crippen molar-refractivity contribution in [3.8, 4) is 23.0 Å². The van der Waals surface area contributed by atoms with E-state index < -0.39 is 0 Å². The number of aromatic nitrogens is 1. The molecule has 3 aromatic carbocycles. The molecule has 0 bridgehead atoms. The van der Waals surface area contributed by atoms with Gasteiger partial charge in [-0.15, -0.1) is 0 Å². The highest BCUT2D eigenvalue weighted by molar-refractivity contribution is 7.80. The van der Waals surface area contributed by atoms with E-state index >= 15 is 0 Å². The lowest BCUT2D eigenvalue weighted by atomic mass is 10.2. The summed E-state index contributed by atoms with van der Waals surface area (Å²) >= 11 is 17.7. The Kier molecular flexibility index (Phi) is 5.80. The number of hydrogen-bond donors (Lipinski definition) is 2. The van der Waals surface area contributed by atoms with E-state index in [0.717, 1.165) is 0 Å². The van der Waals surface area contributed by atoms with Crippen LogP contribution in [0.1, 0.15) is 10.4 Å². The van der Waals surface area contributed by atoms with E-state index in [1.807, 2.05) is 0 Å². The lowest BCUT2D eigenvalue weighted by Gasteiger charge is -2.18. The van der Waals surface area contributed by atoms with Crippen molar-refractivity contribution in [3.63, 3.8) is 0 Å². The molecule has 4 aromatic rings.